The van der Waals surface area contributed by atoms with E-state index in [1.165, 1.54) is 6.08 Å². The number of fused-ring (bicyclic) bond motifs is 1. The number of likely N-dealkylation sites (N-methyl/N-ethyl adjacent to an activating group) is 1. The van der Waals surface area contributed by atoms with Gasteiger partial charge in [-0.05, 0) is 13.8 Å². The highest BCUT2D eigenvalue weighted by Crippen LogP contribution is 2.22. The average molecular weight is 229 g/mol. The molecule has 0 heterocycles. The first kappa shape index (κ1) is 11.6. The first-order chi connectivity index (χ1) is 8.19. The van der Waals surface area contributed by atoms with E-state index >= 15 is 0 Å². The summed E-state index contributed by atoms with van der Waals surface area (Å²) < 4.78 is 0. The van der Waals surface area contributed by atoms with E-state index in [4.69, 9.17) is 0 Å². The van der Waals surface area contributed by atoms with Gasteiger partial charge in [-0.15, -0.1) is 0 Å². The molecule has 0 saturated carbocycles. The summed E-state index contributed by atoms with van der Waals surface area (Å²) in [7, 11) is 0. The lowest BCUT2D eigenvalue weighted by Gasteiger charge is -2.26. The zero-order valence-electron chi connectivity index (χ0n) is 10.1. The summed E-state index contributed by atoms with van der Waals surface area (Å²) in [6, 6.07) is 6.98. The lowest BCUT2D eigenvalue weighted by Crippen LogP contribution is -2.31. The fourth-order valence-electron chi connectivity index (χ4n) is 2.10. The van der Waals surface area contributed by atoms with Gasteiger partial charge in [-0.1, -0.05) is 24.3 Å². The smallest absolute Gasteiger partial charge is 0.209 e. The first-order valence-electron chi connectivity index (χ1n) is 5.83. The van der Waals surface area contributed by atoms with Crippen LogP contribution in [0.4, 0.5) is 0 Å². The van der Waals surface area contributed by atoms with Gasteiger partial charge in [-0.25, -0.2) is 0 Å². The van der Waals surface area contributed by atoms with Crippen molar-refractivity contribution in [3.05, 3.63) is 47.2 Å². The van der Waals surface area contributed by atoms with Gasteiger partial charge in [0.05, 0.1) is 5.70 Å². The highest BCUT2D eigenvalue weighted by molar-refractivity contribution is 6.24. The topological polar surface area (TPSA) is 37.4 Å². The number of hydrogen-bond donors (Lipinski definition) is 0. The Morgan fingerprint density at radius 1 is 1.00 bits per heavy atom. The number of allylic oxidation sites excluding steroid dienone is 2. The first-order valence-corrected chi connectivity index (χ1v) is 5.83. The van der Waals surface area contributed by atoms with Crippen LogP contribution in [0.5, 0.6) is 0 Å². The lowest BCUT2D eigenvalue weighted by molar-refractivity contribution is 0.0953. The molecule has 0 spiro atoms. The molecule has 0 fully saturated rings. The van der Waals surface area contributed by atoms with E-state index in [0.29, 0.717) is 16.8 Å². The summed E-state index contributed by atoms with van der Waals surface area (Å²) in [5.74, 6) is -0.133. The minimum absolute atomic E-state index is 0.0519. The van der Waals surface area contributed by atoms with E-state index in [2.05, 4.69) is 0 Å². The van der Waals surface area contributed by atoms with E-state index in [1.54, 1.807) is 24.3 Å². The Balaban J connectivity index is 2.48. The standard InChI is InChI=1S/C14H15NO2/c1-3-15(4-2)12-9-13(16)10-7-5-6-8-11(10)14(12)17/h5-9H,3-4H2,1-2H3. The molecule has 0 unspecified atom stereocenters. The molecule has 0 aliphatic heterocycles. The molecule has 2 rings (SSSR count). The summed E-state index contributed by atoms with van der Waals surface area (Å²) in [5, 5.41) is 0. The normalized spacial score (nSPS) is 14.4. The number of rotatable bonds is 3. The van der Waals surface area contributed by atoms with Crippen LogP contribution >= 0.6 is 0 Å². The molecule has 0 bridgehead atoms. The number of nitrogens with zero attached hydrogens (tertiary/aromatic N) is 1. The zero-order valence-corrected chi connectivity index (χ0v) is 10.1. The number of Topliss-reactive ketones (excluding diaryl/α,β-unsaturated/α-hetero) is 1. The minimum atomic E-state index is -0.0814. The van der Waals surface area contributed by atoms with Crippen LogP contribution in [-0.2, 0) is 0 Å². The number of benzene rings is 1. The molecule has 0 radical (unpaired) electrons. The Labute approximate surface area is 101 Å². The Hall–Kier alpha value is -1.90. The third-order valence-corrected chi connectivity index (χ3v) is 3.04. The van der Waals surface area contributed by atoms with Crippen molar-refractivity contribution >= 4 is 11.6 Å². The van der Waals surface area contributed by atoms with Gasteiger partial charge in [-0.2, -0.15) is 0 Å². The number of ketones is 2. The van der Waals surface area contributed by atoms with Crippen molar-refractivity contribution in [2.75, 3.05) is 13.1 Å². The lowest BCUT2D eigenvalue weighted by atomic mass is 9.92. The molecule has 88 valence electrons. The largest absolute Gasteiger partial charge is 0.369 e. The summed E-state index contributed by atoms with van der Waals surface area (Å²) in [6.07, 6.45) is 1.46. The molecule has 0 N–H and O–H groups in total. The van der Waals surface area contributed by atoms with E-state index in [9.17, 15) is 9.59 Å². The Bertz CT molecular complexity index is 499. The molecule has 0 saturated heterocycles. The maximum absolute atomic E-state index is 12.3. The second kappa shape index (κ2) is 4.53. The van der Waals surface area contributed by atoms with Gasteiger partial charge >= 0.3 is 0 Å². The average Bonchev–Trinajstić information content (AvgIpc) is 2.37. The molecule has 0 amide bonds. The summed E-state index contributed by atoms with van der Waals surface area (Å²) in [5.41, 5.74) is 1.54. The fraction of sp³-hybridized carbons (Fsp3) is 0.286. The molecule has 1 aliphatic carbocycles. The van der Waals surface area contributed by atoms with Crippen molar-refractivity contribution in [2.24, 2.45) is 0 Å². The third-order valence-electron chi connectivity index (χ3n) is 3.04. The van der Waals surface area contributed by atoms with Crippen molar-refractivity contribution < 1.29 is 9.59 Å². The van der Waals surface area contributed by atoms with Crippen LogP contribution in [0.15, 0.2) is 36.0 Å². The second-order valence-electron chi connectivity index (χ2n) is 3.94. The predicted molar refractivity (Wildman–Crippen MR) is 66.1 cm³/mol. The van der Waals surface area contributed by atoms with Gasteiger partial charge in [0.1, 0.15) is 0 Å². The predicted octanol–water partition coefficient (Wildman–Crippen LogP) is 2.29. The van der Waals surface area contributed by atoms with Gasteiger partial charge in [0, 0.05) is 30.3 Å². The minimum Gasteiger partial charge on any atom is -0.369 e. The van der Waals surface area contributed by atoms with Gasteiger partial charge < -0.3 is 4.90 Å². The van der Waals surface area contributed by atoms with Crippen molar-refractivity contribution in [1.29, 1.82) is 0 Å². The molecule has 1 aliphatic rings. The van der Waals surface area contributed by atoms with Gasteiger partial charge in [0.15, 0.2) is 5.78 Å². The zero-order chi connectivity index (χ0) is 12.4. The molecule has 0 aromatic heterocycles. The third kappa shape index (κ3) is 1.88. The van der Waals surface area contributed by atoms with Gasteiger partial charge in [0.2, 0.25) is 5.78 Å². The second-order valence-corrected chi connectivity index (χ2v) is 3.94. The SMILES string of the molecule is CCN(CC)C1=CC(=O)c2ccccc2C1=O. The van der Waals surface area contributed by atoms with Crippen LogP contribution in [0.2, 0.25) is 0 Å². The van der Waals surface area contributed by atoms with E-state index in [0.717, 1.165) is 13.1 Å². The van der Waals surface area contributed by atoms with Crippen LogP contribution in [0.1, 0.15) is 34.6 Å². The number of carbonyl (C=O) groups excluding carboxylic acids is 2. The Kier molecular flexibility index (Phi) is 3.09. The van der Waals surface area contributed by atoms with E-state index in [1.807, 2.05) is 18.7 Å². The fourth-order valence-corrected chi connectivity index (χ4v) is 2.10. The molecular formula is C14H15NO2. The van der Waals surface area contributed by atoms with Gasteiger partial charge in [0.25, 0.3) is 0 Å². The van der Waals surface area contributed by atoms with Crippen LogP contribution < -0.4 is 0 Å². The highest BCUT2D eigenvalue weighted by Gasteiger charge is 2.27. The highest BCUT2D eigenvalue weighted by atomic mass is 16.1. The number of carbonyl (C=O) groups is 2. The summed E-state index contributed by atoms with van der Waals surface area (Å²) >= 11 is 0. The summed E-state index contributed by atoms with van der Waals surface area (Å²) in [4.78, 5) is 26.1. The van der Waals surface area contributed by atoms with Crippen LogP contribution in [-0.4, -0.2) is 29.6 Å². The van der Waals surface area contributed by atoms with Crippen LogP contribution in [0.3, 0.4) is 0 Å². The molecule has 17 heavy (non-hydrogen) atoms. The van der Waals surface area contributed by atoms with Crippen LogP contribution in [0, 0.1) is 0 Å². The Morgan fingerprint density at radius 3 is 2.18 bits per heavy atom. The molecule has 3 heteroatoms. The number of hydrogen-bond acceptors (Lipinski definition) is 3. The quantitative estimate of drug-likeness (QED) is 0.798. The Morgan fingerprint density at radius 2 is 1.59 bits per heavy atom. The summed E-state index contributed by atoms with van der Waals surface area (Å²) in [6.45, 7) is 5.40. The van der Waals surface area contributed by atoms with E-state index < -0.39 is 0 Å². The van der Waals surface area contributed by atoms with E-state index in [-0.39, 0.29) is 11.6 Å². The van der Waals surface area contributed by atoms with Crippen molar-refractivity contribution in [3.8, 4) is 0 Å². The molecule has 1 aromatic rings. The van der Waals surface area contributed by atoms with Crippen molar-refractivity contribution in [2.45, 2.75) is 13.8 Å². The molecule has 0 atom stereocenters. The monoisotopic (exact) mass is 229 g/mol. The van der Waals surface area contributed by atoms with Crippen molar-refractivity contribution in [3.63, 3.8) is 0 Å². The molecular weight excluding hydrogens is 214 g/mol. The molecule has 3 nitrogen and oxygen atoms in total. The van der Waals surface area contributed by atoms with Crippen molar-refractivity contribution in [1.82, 2.24) is 4.90 Å². The maximum Gasteiger partial charge on any atom is 0.209 e. The maximum atomic E-state index is 12.3. The van der Waals surface area contributed by atoms with Gasteiger partial charge in [-0.3, -0.25) is 9.59 Å². The molecule has 1 aromatic carbocycles. The van der Waals surface area contributed by atoms with Crippen LogP contribution in [0.25, 0.3) is 0 Å².